The average molecular weight is 314 g/mol. The van der Waals surface area contributed by atoms with Crippen LogP contribution in [0.15, 0.2) is 30.3 Å². The Balaban J connectivity index is 2.08. The van der Waals surface area contributed by atoms with Crippen LogP contribution in [0, 0.1) is 11.3 Å². The van der Waals surface area contributed by atoms with Crippen molar-refractivity contribution in [3.63, 3.8) is 0 Å². The number of anilines is 1. The van der Waals surface area contributed by atoms with E-state index in [-0.39, 0.29) is 30.8 Å². The summed E-state index contributed by atoms with van der Waals surface area (Å²) in [6.07, 6.45) is 1.96. The second-order valence-corrected chi connectivity index (χ2v) is 5.53. The molecule has 1 fully saturated rings. The molecule has 1 heterocycles. The normalized spacial score (nSPS) is 17.5. The van der Waals surface area contributed by atoms with Gasteiger partial charge in [0.1, 0.15) is 0 Å². The minimum absolute atomic E-state index is 0.0430. The minimum atomic E-state index is -0.238. The Morgan fingerprint density at radius 1 is 1.39 bits per heavy atom. The number of amides is 2. The van der Waals surface area contributed by atoms with Crippen molar-refractivity contribution in [2.45, 2.75) is 25.3 Å². The predicted molar refractivity (Wildman–Crippen MR) is 87.7 cm³/mol. The highest BCUT2D eigenvalue weighted by atomic mass is 16.2. The highest BCUT2D eigenvalue weighted by Gasteiger charge is 2.32. The first-order chi connectivity index (χ1) is 11.2. The molecule has 2 amide bonds. The molecular formula is C17H22N4O2. The Kier molecular flexibility index (Phi) is 6.12. The van der Waals surface area contributed by atoms with Gasteiger partial charge in [-0.25, -0.2) is 0 Å². The molecule has 1 atom stereocenters. The van der Waals surface area contributed by atoms with Crippen LogP contribution in [0.5, 0.6) is 0 Å². The lowest BCUT2D eigenvalue weighted by molar-refractivity contribution is -0.126. The number of para-hydroxylation sites is 1. The van der Waals surface area contributed by atoms with Gasteiger partial charge in [-0.3, -0.25) is 14.5 Å². The number of benzene rings is 1. The summed E-state index contributed by atoms with van der Waals surface area (Å²) in [5, 5.41) is 11.5. The van der Waals surface area contributed by atoms with Gasteiger partial charge in [0.2, 0.25) is 11.8 Å². The van der Waals surface area contributed by atoms with Gasteiger partial charge in [-0.1, -0.05) is 18.2 Å². The SMILES string of the molecule is CNC(=O)C1CCCN1CC(=O)N(CCC#N)c1ccccc1. The van der Waals surface area contributed by atoms with E-state index in [4.69, 9.17) is 5.26 Å². The first-order valence-electron chi connectivity index (χ1n) is 7.85. The number of carbonyl (C=O) groups is 2. The summed E-state index contributed by atoms with van der Waals surface area (Å²) in [5.74, 6) is -0.124. The van der Waals surface area contributed by atoms with Crippen LogP contribution in [0.1, 0.15) is 19.3 Å². The Bertz CT molecular complexity index is 582. The average Bonchev–Trinajstić information content (AvgIpc) is 3.03. The lowest BCUT2D eigenvalue weighted by Gasteiger charge is -2.27. The molecule has 0 saturated carbocycles. The molecular weight excluding hydrogens is 292 g/mol. The lowest BCUT2D eigenvalue weighted by Crippen LogP contribution is -2.47. The van der Waals surface area contributed by atoms with Crippen molar-refractivity contribution >= 4 is 17.5 Å². The Morgan fingerprint density at radius 2 is 2.13 bits per heavy atom. The summed E-state index contributed by atoms with van der Waals surface area (Å²) in [6.45, 7) is 1.29. The topological polar surface area (TPSA) is 76.4 Å². The molecule has 0 radical (unpaired) electrons. The molecule has 0 spiro atoms. The first kappa shape index (κ1) is 17.0. The fraction of sp³-hybridized carbons (Fsp3) is 0.471. The van der Waals surface area contributed by atoms with Gasteiger partial charge in [0.05, 0.1) is 25.1 Å². The minimum Gasteiger partial charge on any atom is -0.358 e. The van der Waals surface area contributed by atoms with Crippen LogP contribution in [-0.2, 0) is 9.59 Å². The monoisotopic (exact) mass is 314 g/mol. The molecule has 6 nitrogen and oxygen atoms in total. The fourth-order valence-electron chi connectivity index (χ4n) is 2.91. The molecule has 0 aliphatic carbocycles. The van der Waals surface area contributed by atoms with Crippen LogP contribution in [0.25, 0.3) is 0 Å². The number of hydrogen-bond donors (Lipinski definition) is 1. The standard InChI is InChI=1S/C17H22N4O2/c1-19-17(23)15-9-5-11-20(15)13-16(22)21(12-6-10-18)14-7-3-2-4-8-14/h2-4,7-8,15H,5-6,9,11-13H2,1H3,(H,19,23). The Labute approximate surface area is 136 Å². The summed E-state index contributed by atoms with van der Waals surface area (Å²) in [5.41, 5.74) is 0.781. The zero-order valence-electron chi connectivity index (χ0n) is 13.4. The molecule has 122 valence electrons. The number of nitrogens with zero attached hydrogens (tertiary/aromatic N) is 3. The van der Waals surface area contributed by atoms with Gasteiger partial charge in [0.25, 0.3) is 0 Å². The van der Waals surface area contributed by atoms with Gasteiger partial charge in [0, 0.05) is 19.3 Å². The summed E-state index contributed by atoms with van der Waals surface area (Å²) in [7, 11) is 1.61. The fourth-order valence-corrected chi connectivity index (χ4v) is 2.91. The molecule has 1 saturated heterocycles. The van der Waals surface area contributed by atoms with Crippen molar-refractivity contribution in [2.75, 3.05) is 31.6 Å². The number of nitrogens with one attached hydrogen (secondary N) is 1. The van der Waals surface area contributed by atoms with E-state index < -0.39 is 0 Å². The van der Waals surface area contributed by atoms with E-state index in [1.165, 1.54) is 0 Å². The van der Waals surface area contributed by atoms with Gasteiger partial charge in [0.15, 0.2) is 0 Å². The first-order valence-corrected chi connectivity index (χ1v) is 7.85. The molecule has 23 heavy (non-hydrogen) atoms. The molecule has 2 rings (SSSR count). The summed E-state index contributed by atoms with van der Waals surface area (Å²) in [4.78, 5) is 28.1. The quantitative estimate of drug-likeness (QED) is 0.854. The molecule has 1 unspecified atom stereocenters. The van der Waals surface area contributed by atoms with Crippen LogP contribution < -0.4 is 10.2 Å². The van der Waals surface area contributed by atoms with Gasteiger partial charge < -0.3 is 10.2 Å². The third kappa shape index (κ3) is 4.30. The Hall–Kier alpha value is -2.39. The van der Waals surface area contributed by atoms with E-state index in [9.17, 15) is 9.59 Å². The smallest absolute Gasteiger partial charge is 0.241 e. The van der Waals surface area contributed by atoms with Gasteiger partial charge >= 0.3 is 0 Å². The molecule has 1 aliphatic heterocycles. The summed E-state index contributed by atoms with van der Waals surface area (Å²) in [6, 6.07) is 11.2. The predicted octanol–water partition coefficient (Wildman–Crippen LogP) is 1.14. The second kappa shape index (κ2) is 8.30. The van der Waals surface area contributed by atoms with Crippen LogP contribution in [0.2, 0.25) is 0 Å². The number of nitriles is 1. The Morgan fingerprint density at radius 3 is 2.78 bits per heavy atom. The van der Waals surface area contributed by atoms with Crippen LogP contribution in [-0.4, -0.2) is 49.4 Å². The number of rotatable bonds is 6. The molecule has 1 aliphatic rings. The molecule has 0 aromatic heterocycles. The maximum Gasteiger partial charge on any atom is 0.241 e. The van der Waals surface area contributed by atoms with Crippen molar-refractivity contribution in [3.05, 3.63) is 30.3 Å². The van der Waals surface area contributed by atoms with Crippen molar-refractivity contribution in [1.82, 2.24) is 10.2 Å². The zero-order chi connectivity index (χ0) is 16.7. The number of likely N-dealkylation sites (tertiary alicyclic amines) is 1. The van der Waals surface area contributed by atoms with E-state index >= 15 is 0 Å². The largest absolute Gasteiger partial charge is 0.358 e. The summed E-state index contributed by atoms with van der Waals surface area (Å²) < 4.78 is 0. The van der Waals surface area contributed by atoms with Gasteiger partial charge in [-0.15, -0.1) is 0 Å². The molecule has 1 aromatic rings. The van der Waals surface area contributed by atoms with Crippen LogP contribution >= 0.6 is 0 Å². The zero-order valence-corrected chi connectivity index (χ0v) is 13.4. The van der Waals surface area contributed by atoms with E-state index in [0.717, 1.165) is 25.1 Å². The maximum absolute atomic E-state index is 12.7. The van der Waals surface area contributed by atoms with Crippen molar-refractivity contribution in [3.8, 4) is 6.07 Å². The second-order valence-electron chi connectivity index (χ2n) is 5.53. The van der Waals surface area contributed by atoms with E-state index in [1.807, 2.05) is 35.2 Å². The molecule has 1 N–H and O–H groups in total. The highest BCUT2D eigenvalue weighted by molar-refractivity contribution is 5.95. The van der Waals surface area contributed by atoms with Crippen LogP contribution in [0.3, 0.4) is 0 Å². The van der Waals surface area contributed by atoms with Gasteiger partial charge in [-0.2, -0.15) is 5.26 Å². The van der Waals surface area contributed by atoms with Crippen molar-refractivity contribution in [2.24, 2.45) is 0 Å². The number of likely N-dealkylation sites (N-methyl/N-ethyl adjacent to an activating group) is 1. The summed E-state index contributed by atoms with van der Waals surface area (Å²) >= 11 is 0. The molecule has 1 aromatic carbocycles. The van der Waals surface area contributed by atoms with Crippen molar-refractivity contribution in [1.29, 1.82) is 5.26 Å². The third-order valence-electron chi connectivity index (χ3n) is 4.07. The number of carbonyl (C=O) groups excluding carboxylic acids is 2. The maximum atomic E-state index is 12.7. The molecule has 0 bridgehead atoms. The van der Waals surface area contributed by atoms with Crippen molar-refractivity contribution < 1.29 is 9.59 Å². The lowest BCUT2D eigenvalue weighted by atomic mass is 10.2. The van der Waals surface area contributed by atoms with E-state index in [2.05, 4.69) is 11.4 Å². The van der Waals surface area contributed by atoms with E-state index in [0.29, 0.717) is 6.54 Å². The van der Waals surface area contributed by atoms with Gasteiger partial charge in [-0.05, 0) is 31.5 Å². The van der Waals surface area contributed by atoms with E-state index in [1.54, 1.807) is 11.9 Å². The third-order valence-corrected chi connectivity index (χ3v) is 4.07. The highest BCUT2D eigenvalue weighted by Crippen LogP contribution is 2.19. The molecule has 6 heteroatoms. The number of hydrogen-bond acceptors (Lipinski definition) is 4. The van der Waals surface area contributed by atoms with Crippen LogP contribution in [0.4, 0.5) is 5.69 Å².